The number of aliphatic carboxylic acids is 2. The third-order valence-corrected chi connectivity index (χ3v) is 3.58. The largest absolute Gasteiger partial charge is 1.00 e. The molecular formula is C15H30NNaO4S. The van der Waals surface area contributed by atoms with Crippen LogP contribution in [0.25, 0.3) is 0 Å². The summed E-state index contributed by atoms with van der Waals surface area (Å²) < 4.78 is 0. The first-order chi connectivity index (χ1) is 9.95. The zero-order chi connectivity index (χ0) is 16.5. The Bertz CT molecular complexity index is 268. The second-order valence-electron chi connectivity index (χ2n) is 4.97. The molecule has 0 spiro atoms. The number of nitrogens with two attached hydrogens (primary N) is 1. The molecule has 0 unspecified atom stereocenters. The van der Waals surface area contributed by atoms with Crippen LogP contribution in [0.1, 0.15) is 64.7 Å². The van der Waals surface area contributed by atoms with Gasteiger partial charge in [-0.15, -0.1) is 0 Å². The van der Waals surface area contributed by atoms with Crippen molar-refractivity contribution < 1.29 is 49.4 Å². The standard InChI is InChI=1S/C10H20O2.C5H11NO2S.Na/c1-2-3-4-5-6-7-8-9-10(11)12;1-9-3-2-4(6)5(7)8;/h2-9H2,1H3,(H,11,12);4H,2-3,6H2,1H3,(H,7,8);/q;;+1/p-1/t;4-;/m.0./s1. The molecule has 22 heavy (non-hydrogen) atoms. The van der Waals surface area contributed by atoms with E-state index in [1.807, 2.05) is 6.26 Å². The van der Waals surface area contributed by atoms with Gasteiger partial charge in [-0.2, -0.15) is 11.8 Å². The zero-order valence-corrected chi connectivity index (χ0v) is 17.1. The minimum atomic E-state index is -0.913. The second-order valence-corrected chi connectivity index (χ2v) is 5.96. The van der Waals surface area contributed by atoms with Crippen LogP contribution in [0.2, 0.25) is 0 Å². The third-order valence-electron chi connectivity index (χ3n) is 2.93. The molecule has 0 aliphatic carbocycles. The molecule has 0 radical (unpaired) electrons. The minimum Gasteiger partial charge on any atom is -0.550 e. The van der Waals surface area contributed by atoms with Crippen LogP contribution in [-0.4, -0.2) is 35.1 Å². The topological polar surface area (TPSA) is 103 Å². The average Bonchev–Trinajstić information content (AvgIpc) is 2.44. The van der Waals surface area contributed by atoms with Crippen LogP contribution in [0.15, 0.2) is 0 Å². The molecule has 0 bridgehead atoms. The van der Waals surface area contributed by atoms with Gasteiger partial charge in [0.1, 0.15) is 6.04 Å². The fraction of sp³-hybridized carbons (Fsp3) is 0.867. The normalized spacial score (nSPS) is 10.9. The predicted molar refractivity (Wildman–Crippen MR) is 86.2 cm³/mol. The number of hydrogen-bond acceptors (Lipinski definition) is 5. The van der Waals surface area contributed by atoms with Gasteiger partial charge in [0.05, 0.1) is 0 Å². The van der Waals surface area contributed by atoms with E-state index in [4.69, 9.17) is 10.8 Å². The van der Waals surface area contributed by atoms with E-state index in [1.165, 1.54) is 32.1 Å². The average molecular weight is 343 g/mol. The first-order valence-corrected chi connectivity index (χ1v) is 9.02. The van der Waals surface area contributed by atoms with Crippen molar-refractivity contribution in [2.45, 2.75) is 70.8 Å². The van der Waals surface area contributed by atoms with Gasteiger partial charge in [0.15, 0.2) is 0 Å². The molecule has 0 heterocycles. The third kappa shape index (κ3) is 25.2. The summed E-state index contributed by atoms with van der Waals surface area (Å²) in [6, 6.07) is -0.683. The maximum Gasteiger partial charge on any atom is 1.00 e. The Morgan fingerprint density at radius 1 is 1.14 bits per heavy atom. The number of carbonyl (C=O) groups is 2. The summed E-state index contributed by atoms with van der Waals surface area (Å²) in [5.74, 6) is -1.01. The van der Waals surface area contributed by atoms with Gasteiger partial charge < -0.3 is 20.7 Å². The number of hydrogen-bond donors (Lipinski definition) is 2. The van der Waals surface area contributed by atoms with Gasteiger partial charge in [-0.25, -0.2) is 0 Å². The Morgan fingerprint density at radius 2 is 1.64 bits per heavy atom. The number of rotatable bonds is 12. The fourth-order valence-corrected chi connectivity index (χ4v) is 2.08. The Labute approximate surface area is 161 Å². The van der Waals surface area contributed by atoms with E-state index in [0.717, 1.165) is 18.6 Å². The van der Waals surface area contributed by atoms with Crippen molar-refractivity contribution in [1.29, 1.82) is 0 Å². The number of carboxylic acids is 2. The molecule has 0 rings (SSSR count). The maximum atomic E-state index is 10.1. The van der Waals surface area contributed by atoms with Crippen LogP contribution < -0.4 is 40.4 Å². The number of thioether (sulfide) groups is 1. The molecule has 0 saturated heterocycles. The van der Waals surface area contributed by atoms with Crippen LogP contribution in [-0.2, 0) is 9.59 Å². The maximum absolute atomic E-state index is 10.1. The Hall–Kier alpha value is 0.250. The van der Waals surface area contributed by atoms with Crippen molar-refractivity contribution in [1.82, 2.24) is 0 Å². The molecule has 0 aromatic rings. The van der Waals surface area contributed by atoms with Crippen molar-refractivity contribution in [3.63, 3.8) is 0 Å². The summed E-state index contributed by atoms with van der Waals surface area (Å²) in [5.41, 5.74) is 5.19. The molecule has 3 N–H and O–H groups in total. The minimum absolute atomic E-state index is 0. The van der Waals surface area contributed by atoms with E-state index in [0.29, 0.717) is 6.42 Å². The van der Waals surface area contributed by atoms with Gasteiger partial charge >= 0.3 is 35.5 Å². The molecule has 1 atom stereocenters. The molecule has 0 saturated carbocycles. The Morgan fingerprint density at radius 3 is 2.05 bits per heavy atom. The van der Waals surface area contributed by atoms with E-state index in [9.17, 15) is 14.7 Å². The fourth-order valence-electron chi connectivity index (χ4n) is 1.59. The van der Waals surface area contributed by atoms with E-state index in [-0.39, 0.29) is 36.0 Å². The van der Waals surface area contributed by atoms with Crippen LogP contribution in [0, 0.1) is 0 Å². The van der Waals surface area contributed by atoms with Gasteiger partial charge in [-0.05, 0) is 31.3 Å². The molecule has 5 nitrogen and oxygen atoms in total. The smallest absolute Gasteiger partial charge is 0.550 e. The van der Waals surface area contributed by atoms with Crippen molar-refractivity contribution in [3.05, 3.63) is 0 Å². The van der Waals surface area contributed by atoms with Gasteiger partial charge in [0, 0.05) is 5.97 Å². The van der Waals surface area contributed by atoms with Gasteiger partial charge in [0.25, 0.3) is 0 Å². The first-order valence-electron chi connectivity index (χ1n) is 7.62. The van der Waals surface area contributed by atoms with Gasteiger partial charge in [0.2, 0.25) is 0 Å². The summed E-state index contributed by atoms with van der Waals surface area (Å²) in [7, 11) is 0. The number of unbranched alkanes of at least 4 members (excludes halogenated alkanes) is 6. The second kappa shape index (κ2) is 21.2. The molecule has 0 fully saturated rings. The van der Waals surface area contributed by atoms with E-state index in [1.54, 1.807) is 11.8 Å². The predicted octanol–water partition coefficient (Wildman–Crippen LogP) is -0.968. The molecule has 0 aromatic heterocycles. The molecule has 126 valence electrons. The summed E-state index contributed by atoms with van der Waals surface area (Å²) in [6.45, 7) is 2.19. The van der Waals surface area contributed by atoms with Crippen molar-refractivity contribution >= 4 is 23.7 Å². The molecule has 0 amide bonds. The van der Waals surface area contributed by atoms with E-state index >= 15 is 0 Å². The molecular weight excluding hydrogens is 313 g/mol. The Kier molecular flexibility index (Phi) is 26.2. The van der Waals surface area contributed by atoms with E-state index < -0.39 is 18.0 Å². The first kappa shape index (κ1) is 27.1. The van der Waals surface area contributed by atoms with Crippen molar-refractivity contribution in [3.8, 4) is 0 Å². The summed E-state index contributed by atoms with van der Waals surface area (Å²) in [5, 5.41) is 18.3. The van der Waals surface area contributed by atoms with Crippen molar-refractivity contribution in [2.24, 2.45) is 5.73 Å². The molecule has 0 aromatic carbocycles. The zero-order valence-electron chi connectivity index (χ0n) is 14.3. The summed E-state index contributed by atoms with van der Waals surface area (Å²) in [4.78, 5) is 20.1. The number of carboxylic acid groups (broad SMARTS) is 2. The van der Waals surface area contributed by atoms with Crippen molar-refractivity contribution in [2.75, 3.05) is 12.0 Å². The van der Waals surface area contributed by atoms with Crippen LogP contribution >= 0.6 is 11.8 Å². The quantitative estimate of drug-likeness (QED) is 0.349. The molecule has 0 aliphatic rings. The molecule has 0 aliphatic heterocycles. The van der Waals surface area contributed by atoms with Crippen LogP contribution in [0.4, 0.5) is 0 Å². The van der Waals surface area contributed by atoms with Gasteiger partial charge in [-0.3, -0.25) is 4.79 Å². The van der Waals surface area contributed by atoms with Gasteiger partial charge in [-0.1, -0.05) is 45.4 Å². The monoisotopic (exact) mass is 343 g/mol. The summed E-state index contributed by atoms with van der Waals surface area (Å²) in [6.07, 6.45) is 10.8. The van der Waals surface area contributed by atoms with Crippen LogP contribution in [0.3, 0.4) is 0 Å². The molecule has 7 heteroatoms. The summed E-state index contributed by atoms with van der Waals surface area (Å²) >= 11 is 1.60. The Balaban J connectivity index is -0.000000326. The SMILES string of the molecule is CCCCCCCCCC(=O)[O-].CSCC[C@H](N)C(=O)O.[Na+]. The number of carbonyl (C=O) groups excluding carboxylic acids is 1. The van der Waals surface area contributed by atoms with Crippen LogP contribution in [0.5, 0.6) is 0 Å². The van der Waals surface area contributed by atoms with E-state index in [2.05, 4.69) is 6.92 Å².